The Morgan fingerprint density at radius 3 is 2.00 bits per heavy atom. The van der Waals surface area contributed by atoms with Gasteiger partial charge in [0.2, 0.25) is 0 Å². The molecule has 0 spiro atoms. The first-order valence-electron chi connectivity index (χ1n) is 3.99. The predicted octanol–water partition coefficient (Wildman–Crippen LogP) is 3.59. The van der Waals surface area contributed by atoms with Crippen LogP contribution in [0.15, 0.2) is 0 Å². The first-order chi connectivity index (χ1) is 4.77. The summed E-state index contributed by atoms with van der Waals surface area (Å²) in [5.74, 6) is -0.670. The van der Waals surface area contributed by atoms with Crippen molar-refractivity contribution in [2.45, 2.75) is 45.4 Å². The summed E-state index contributed by atoms with van der Waals surface area (Å²) in [5.41, 5.74) is 0. The van der Waals surface area contributed by atoms with Crippen LogP contribution < -0.4 is 0 Å². The van der Waals surface area contributed by atoms with Gasteiger partial charge in [-0.1, -0.05) is 32.6 Å². The van der Waals surface area contributed by atoms with E-state index in [9.17, 15) is 4.79 Å². The van der Waals surface area contributed by atoms with Crippen molar-refractivity contribution >= 4 is 39.9 Å². The summed E-state index contributed by atoms with van der Waals surface area (Å²) in [6, 6.07) is 0. The lowest BCUT2D eigenvalue weighted by Gasteiger charge is -1.95. The second-order valence-electron chi connectivity index (χ2n) is 2.56. The van der Waals surface area contributed by atoms with Gasteiger partial charge in [-0.15, -0.1) is 34.0 Å². The third-order valence-corrected chi connectivity index (χ3v) is 1.49. The Labute approximate surface area is 95.3 Å². The highest BCUT2D eigenvalue weighted by atomic mass is 79.9. The summed E-state index contributed by atoms with van der Waals surface area (Å²) in [6.07, 6.45) is 5.88. The van der Waals surface area contributed by atoms with Crippen molar-refractivity contribution in [3.8, 4) is 0 Å². The molecule has 0 atom stereocenters. The van der Waals surface area contributed by atoms with Gasteiger partial charge in [-0.25, -0.2) is 0 Å². The number of rotatable bonds is 6. The van der Waals surface area contributed by atoms with Crippen LogP contribution in [0, 0.1) is 0 Å². The standard InChI is InChI=1S/C8H16O2.2BrH/c1-2-3-4-5-6-7-8(9)10;;/h2-7H2,1H3,(H,9,10);2*1H. The van der Waals surface area contributed by atoms with Crippen LogP contribution in [0.25, 0.3) is 0 Å². The number of aliphatic carboxylic acids is 1. The molecule has 0 aromatic carbocycles. The van der Waals surface area contributed by atoms with Gasteiger partial charge in [-0.2, -0.15) is 0 Å². The summed E-state index contributed by atoms with van der Waals surface area (Å²) in [7, 11) is 0. The lowest BCUT2D eigenvalue weighted by molar-refractivity contribution is -0.137. The fraction of sp³-hybridized carbons (Fsp3) is 0.875. The maximum Gasteiger partial charge on any atom is 0.303 e. The minimum absolute atomic E-state index is 0. The van der Waals surface area contributed by atoms with Crippen molar-refractivity contribution < 1.29 is 9.90 Å². The highest BCUT2D eigenvalue weighted by Crippen LogP contribution is 2.04. The largest absolute Gasteiger partial charge is 0.481 e. The third-order valence-electron chi connectivity index (χ3n) is 1.49. The SMILES string of the molecule is Br.Br.CCCCCCCC(=O)O. The van der Waals surface area contributed by atoms with Crippen molar-refractivity contribution in [1.29, 1.82) is 0 Å². The number of carbonyl (C=O) groups is 1. The lowest BCUT2D eigenvalue weighted by Crippen LogP contribution is -1.93. The van der Waals surface area contributed by atoms with Crippen molar-refractivity contribution in [3.05, 3.63) is 0 Å². The molecule has 0 aliphatic heterocycles. The Kier molecular flexibility index (Phi) is 21.3. The molecule has 0 heterocycles. The number of unbranched alkanes of at least 4 members (excludes halogenated alkanes) is 4. The molecule has 12 heavy (non-hydrogen) atoms. The first kappa shape index (κ1) is 18.3. The van der Waals surface area contributed by atoms with Gasteiger partial charge in [-0.3, -0.25) is 4.79 Å². The molecule has 0 radical (unpaired) electrons. The van der Waals surface area contributed by atoms with Crippen LogP contribution in [-0.4, -0.2) is 11.1 Å². The number of hydrogen-bond acceptors (Lipinski definition) is 1. The normalized spacial score (nSPS) is 8.08. The molecule has 0 aromatic heterocycles. The van der Waals surface area contributed by atoms with E-state index in [0.717, 1.165) is 12.8 Å². The molecule has 0 fully saturated rings. The molecule has 0 unspecified atom stereocenters. The van der Waals surface area contributed by atoms with E-state index in [0.29, 0.717) is 6.42 Å². The van der Waals surface area contributed by atoms with E-state index in [-0.39, 0.29) is 34.0 Å². The second kappa shape index (κ2) is 14.0. The topological polar surface area (TPSA) is 37.3 Å². The van der Waals surface area contributed by atoms with Gasteiger partial charge in [0.05, 0.1) is 0 Å². The Hall–Kier alpha value is 0.430. The van der Waals surface area contributed by atoms with E-state index in [2.05, 4.69) is 6.92 Å². The van der Waals surface area contributed by atoms with Crippen LogP contribution in [0.5, 0.6) is 0 Å². The molecule has 0 bridgehead atoms. The van der Waals surface area contributed by atoms with Gasteiger partial charge in [0, 0.05) is 6.42 Å². The fourth-order valence-corrected chi connectivity index (χ4v) is 0.880. The Morgan fingerprint density at radius 2 is 1.58 bits per heavy atom. The van der Waals surface area contributed by atoms with Crippen LogP contribution in [0.2, 0.25) is 0 Å². The molecule has 1 N–H and O–H groups in total. The summed E-state index contributed by atoms with van der Waals surface area (Å²) in [6.45, 7) is 2.15. The third kappa shape index (κ3) is 16.8. The highest BCUT2D eigenvalue weighted by molar-refractivity contribution is 8.93. The van der Waals surface area contributed by atoms with Gasteiger partial charge >= 0.3 is 5.97 Å². The molecule has 0 rings (SSSR count). The van der Waals surface area contributed by atoms with Crippen molar-refractivity contribution in [1.82, 2.24) is 0 Å². The van der Waals surface area contributed by atoms with Crippen LogP contribution in [0.1, 0.15) is 45.4 Å². The molecule has 76 valence electrons. The molecular weight excluding hydrogens is 288 g/mol. The number of carboxylic acid groups (broad SMARTS) is 1. The van der Waals surface area contributed by atoms with E-state index in [1.165, 1.54) is 19.3 Å². The molecule has 2 nitrogen and oxygen atoms in total. The Balaban J connectivity index is -0.000000405. The molecule has 0 aromatic rings. The number of halogens is 2. The molecule has 0 aliphatic rings. The van der Waals surface area contributed by atoms with Gasteiger partial charge in [-0.05, 0) is 6.42 Å². The number of carboxylic acids is 1. The molecule has 0 aliphatic carbocycles. The highest BCUT2D eigenvalue weighted by Gasteiger charge is 1.94. The second-order valence-corrected chi connectivity index (χ2v) is 2.56. The van der Waals surface area contributed by atoms with Crippen LogP contribution >= 0.6 is 34.0 Å². The van der Waals surface area contributed by atoms with E-state index in [1.807, 2.05) is 0 Å². The van der Waals surface area contributed by atoms with Crippen molar-refractivity contribution in [2.75, 3.05) is 0 Å². The van der Waals surface area contributed by atoms with Gasteiger partial charge in [0.15, 0.2) is 0 Å². The zero-order chi connectivity index (χ0) is 7.82. The summed E-state index contributed by atoms with van der Waals surface area (Å²) < 4.78 is 0. The van der Waals surface area contributed by atoms with E-state index in [4.69, 9.17) is 5.11 Å². The van der Waals surface area contributed by atoms with Crippen LogP contribution in [-0.2, 0) is 4.79 Å². The summed E-state index contributed by atoms with van der Waals surface area (Å²) in [5, 5.41) is 8.27. The van der Waals surface area contributed by atoms with E-state index < -0.39 is 5.97 Å². The zero-order valence-electron chi connectivity index (χ0n) is 7.41. The molecule has 0 saturated carbocycles. The van der Waals surface area contributed by atoms with Crippen LogP contribution in [0.4, 0.5) is 0 Å². The molecular formula is C8H18Br2O2. The lowest BCUT2D eigenvalue weighted by atomic mass is 10.1. The van der Waals surface area contributed by atoms with Gasteiger partial charge < -0.3 is 5.11 Å². The van der Waals surface area contributed by atoms with E-state index >= 15 is 0 Å². The molecule has 0 amide bonds. The Morgan fingerprint density at radius 1 is 1.08 bits per heavy atom. The molecule has 0 saturated heterocycles. The average molecular weight is 306 g/mol. The average Bonchev–Trinajstić information content (AvgIpc) is 1.87. The van der Waals surface area contributed by atoms with E-state index in [1.54, 1.807) is 0 Å². The minimum Gasteiger partial charge on any atom is -0.481 e. The first-order valence-corrected chi connectivity index (χ1v) is 3.99. The van der Waals surface area contributed by atoms with Gasteiger partial charge in [0.1, 0.15) is 0 Å². The number of hydrogen-bond donors (Lipinski definition) is 1. The quantitative estimate of drug-likeness (QED) is 0.762. The summed E-state index contributed by atoms with van der Waals surface area (Å²) >= 11 is 0. The zero-order valence-corrected chi connectivity index (χ0v) is 10.8. The Bertz CT molecular complexity index is 97.1. The van der Waals surface area contributed by atoms with Gasteiger partial charge in [0.25, 0.3) is 0 Å². The molecule has 4 heteroatoms. The maximum absolute atomic E-state index is 10.0. The van der Waals surface area contributed by atoms with Crippen molar-refractivity contribution in [3.63, 3.8) is 0 Å². The fourth-order valence-electron chi connectivity index (χ4n) is 0.880. The monoisotopic (exact) mass is 304 g/mol. The predicted molar refractivity (Wildman–Crippen MR) is 61.7 cm³/mol. The summed E-state index contributed by atoms with van der Waals surface area (Å²) in [4.78, 5) is 10.0. The van der Waals surface area contributed by atoms with Crippen molar-refractivity contribution in [2.24, 2.45) is 0 Å². The smallest absolute Gasteiger partial charge is 0.303 e. The maximum atomic E-state index is 10.0. The van der Waals surface area contributed by atoms with Crippen LogP contribution in [0.3, 0.4) is 0 Å². The minimum atomic E-state index is -0.670.